The van der Waals surface area contributed by atoms with Crippen molar-refractivity contribution in [3.8, 4) is 11.5 Å². The maximum Gasteiger partial charge on any atom is 0.340 e. The van der Waals surface area contributed by atoms with Gasteiger partial charge in [-0.3, -0.25) is 4.79 Å². The Morgan fingerprint density at radius 2 is 1.71 bits per heavy atom. The fourth-order valence-corrected chi connectivity index (χ4v) is 4.31. The van der Waals surface area contributed by atoms with Gasteiger partial charge in [0.15, 0.2) is 0 Å². The van der Waals surface area contributed by atoms with Crippen molar-refractivity contribution in [3.05, 3.63) is 117 Å². The molecule has 1 aliphatic heterocycles. The van der Waals surface area contributed by atoms with Crippen LogP contribution in [0.1, 0.15) is 29.5 Å². The smallest absolute Gasteiger partial charge is 0.340 e. The van der Waals surface area contributed by atoms with Crippen LogP contribution in [0.3, 0.4) is 0 Å². The van der Waals surface area contributed by atoms with E-state index in [0.717, 1.165) is 5.56 Å². The van der Waals surface area contributed by atoms with E-state index in [-0.39, 0.29) is 23.6 Å². The van der Waals surface area contributed by atoms with Gasteiger partial charge < -0.3 is 24.9 Å². The second-order valence-electron chi connectivity index (χ2n) is 8.12. The van der Waals surface area contributed by atoms with Crippen molar-refractivity contribution in [1.82, 2.24) is 4.98 Å². The average Bonchev–Trinajstić information content (AvgIpc) is 2.88. The lowest BCUT2D eigenvalue weighted by Crippen LogP contribution is -2.32. The Balaban J connectivity index is 1.58. The Bertz CT molecular complexity index is 1470. The number of pyridine rings is 1. The standard InChI is InChI=1S/C28H24N2O5/c1-2-33-28(32)24-22(18-12-14-19(15-13-18)34-16-17-8-4-3-5-9-17)23-25(35-26(24)29)20-10-6-7-11-21(20)30-27(23)31/h3-15,22H,2,16,29H2,1H3,(H,30,31)/t22-/m1/s1. The normalized spacial score (nSPS) is 14.8. The number of carbonyl (C=O) groups is 1. The summed E-state index contributed by atoms with van der Waals surface area (Å²) in [5.74, 6) is -0.482. The molecule has 0 bridgehead atoms. The van der Waals surface area contributed by atoms with Gasteiger partial charge in [0, 0.05) is 5.39 Å². The van der Waals surface area contributed by atoms with Crippen molar-refractivity contribution < 1.29 is 19.0 Å². The molecule has 35 heavy (non-hydrogen) atoms. The third-order valence-electron chi connectivity index (χ3n) is 5.92. The molecule has 176 valence electrons. The fourth-order valence-electron chi connectivity index (χ4n) is 4.31. The molecule has 0 radical (unpaired) electrons. The predicted octanol–water partition coefficient (Wildman–Crippen LogP) is 4.36. The molecule has 7 nitrogen and oxygen atoms in total. The number of nitrogens with two attached hydrogens (primary N) is 1. The van der Waals surface area contributed by atoms with Crippen LogP contribution in [0.2, 0.25) is 0 Å². The quantitative estimate of drug-likeness (QED) is 0.408. The Morgan fingerprint density at radius 3 is 2.46 bits per heavy atom. The third kappa shape index (κ3) is 4.24. The number of H-pyrrole nitrogens is 1. The molecule has 2 heterocycles. The Hall–Kier alpha value is -4.52. The summed E-state index contributed by atoms with van der Waals surface area (Å²) in [5, 5.41) is 0.695. The lowest BCUT2D eigenvalue weighted by atomic mass is 9.83. The number of hydrogen-bond acceptors (Lipinski definition) is 6. The molecular formula is C28H24N2O5. The summed E-state index contributed by atoms with van der Waals surface area (Å²) in [7, 11) is 0. The minimum atomic E-state index is -0.769. The molecule has 3 aromatic carbocycles. The highest BCUT2D eigenvalue weighted by Crippen LogP contribution is 2.43. The molecule has 0 fully saturated rings. The second kappa shape index (κ2) is 9.38. The number of carbonyl (C=O) groups excluding carboxylic acids is 1. The number of benzene rings is 3. The first-order valence-electron chi connectivity index (χ1n) is 11.3. The molecule has 0 unspecified atom stereocenters. The maximum atomic E-state index is 13.2. The number of rotatable bonds is 6. The predicted molar refractivity (Wildman–Crippen MR) is 132 cm³/mol. The number of fused-ring (bicyclic) bond motifs is 3. The van der Waals surface area contributed by atoms with Gasteiger partial charge in [0.1, 0.15) is 23.7 Å². The number of ether oxygens (including phenoxy) is 3. The maximum absolute atomic E-state index is 13.2. The summed E-state index contributed by atoms with van der Waals surface area (Å²) in [5.41, 5.74) is 8.65. The molecule has 5 rings (SSSR count). The molecule has 1 atom stereocenters. The average molecular weight is 469 g/mol. The largest absolute Gasteiger partial charge is 0.489 e. The molecule has 0 spiro atoms. The topological polar surface area (TPSA) is 104 Å². The van der Waals surface area contributed by atoms with Crippen molar-refractivity contribution >= 4 is 16.9 Å². The van der Waals surface area contributed by atoms with E-state index in [1.807, 2.05) is 72.8 Å². The highest BCUT2D eigenvalue weighted by atomic mass is 16.5. The Morgan fingerprint density at radius 1 is 1.00 bits per heavy atom. The van der Waals surface area contributed by atoms with Crippen LogP contribution in [-0.2, 0) is 16.1 Å². The van der Waals surface area contributed by atoms with Crippen LogP contribution in [0.25, 0.3) is 10.9 Å². The minimum absolute atomic E-state index is 0.0823. The lowest BCUT2D eigenvalue weighted by Gasteiger charge is -2.28. The van der Waals surface area contributed by atoms with E-state index in [0.29, 0.717) is 40.1 Å². The highest BCUT2D eigenvalue weighted by molar-refractivity contribution is 5.95. The summed E-state index contributed by atoms with van der Waals surface area (Å²) >= 11 is 0. The van der Waals surface area contributed by atoms with Gasteiger partial charge in [0.25, 0.3) is 5.56 Å². The summed E-state index contributed by atoms with van der Waals surface area (Å²) in [6, 6.07) is 24.4. The summed E-state index contributed by atoms with van der Waals surface area (Å²) < 4.78 is 17.0. The van der Waals surface area contributed by atoms with Crippen LogP contribution in [0.5, 0.6) is 11.5 Å². The SMILES string of the molecule is CCOC(=O)C1=C(N)Oc2c(c(=O)[nH]c3ccccc23)[C@H]1c1ccc(OCc2ccccc2)cc1. The van der Waals surface area contributed by atoms with Gasteiger partial charge in [-0.25, -0.2) is 4.79 Å². The van der Waals surface area contributed by atoms with E-state index in [2.05, 4.69) is 4.98 Å². The van der Waals surface area contributed by atoms with Crippen LogP contribution >= 0.6 is 0 Å². The number of aromatic amines is 1. The van der Waals surface area contributed by atoms with Crippen molar-refractivity contribution in [3.63, 3.8) is 0 Å². The summed E-state index contributed by atoms with van der Waals surface area (Å²) in [4.78, 5) is 29.1. The van der Waals surface area contributed by atoms with Crippen molar-refractivity contribution in [2.75, 3.05) is 6.61 Å². The molecule has 0 saturated heterocycles. The monoisotopic (exact) mass is 468 g/mol. The lowest BCUT2D eigenvalue weighted by molar-refractivity contribution is -0.139. The molecule has 0 saturated carbocycles. The van der Waals surface area contributed by atoms with Crippen LogP contribution in [0, 0.1) is 0 Å². The van der Waals surface area contributed by atoms with Crippen LogP contribution in [-0.4, -0.2) is 17.6 Å². The zero-order chi connectivity index (χ0) is 24.4. The number of esters is 1. The van der Waals surface area contributed by atoms with Gasteiger partial charge in [0.2, 0.25) is 5.88 Å². The molecule has 3 N–H and O–H groups in total. The first-order valence-corrected chi connectivity index (χ1v) is 11.3. The van der Waals surface area contributed by atoms with E-state index in [9.17, 15) is 9.59 Å². The summed E-state index contributed by atoms with van der Waals surface area (Å²) in [6.07, 6.45) is 0. The van der Waals surface area contributed by atoms with Crippen molar-refractivity contribution in [2.24, 2.45) is 5.73 Å². The number of para-hydroxylation sites is 1. The highest BCUT2D eigenvalue weighted by Gasteiger charge is 2.38. The first-order chi connectivity index (χ1) is 17.1. The molecule has 0 aliphatic carbocycles. The Kier molecular flexibility index (Phi) is 5.97. The second-order valence-corrected chi connectivity index (χ2v) is 8.12. The molecule has 1 aromatic heterocycles. The zero-order valence-corrected chi connectivity index (χ0v) is 19.1. The zero-order valence-electron chi connectivity index (χ0n) is 19.1. The van der Waals surface area contributed by atoms with Crippen LogP contribution in [0.4, 0.5) is 0 Å². The van der Waals surface area contributed by atoms with E-state index >= 15 is 0 Å². The molecule has 0 amide bonds. The number of aromatic nitrogens is 1. The molecule has 1 aliphatic rings. The van der Waals surface area contributed by atoms with E-state index in [4.69, 9.17) is 19.9 Å². The van der Waals surface area contributed by atoms with Crippen molar-refractivity contribution in [2.45, 2.75) is 19.4 Å². The minimum Gasteiger partial charge on any atom is -0.489 e. The van der Waals surface area contributed by atoms with Gasteiger partial charge in [-0.2, -0.15) is 0 Å². The van der Waals surface area contributed by atoms with E-state index in [1.54, 1.807) is 13.0 Å². The number of hydrogen-bond donors (Lipinski definition) is 2. The molecular weight excluding hydrogens is 444 g/mol. The van der Waals surface area contributed by atoms with Gasteiger partial charge in [0.05, 0.1) is 23.6 Å². The summed E-state index contributed by atoms with van der Waals surface area (Å²) in [6.45, 7) is 2.29. The van der Waals surface area contributed by atoms with Gasteiger partial charge in [-0.15, -0.1) is 0 Å². The van der Waals surface area contributed by atoms with E-state index in [1.165, 1.54) is 0 Å². The van der Waals surface area contributed by atoms with Gasteiger partial charge in [-0.05, 0) is 42.3 Å². The van der Waals surface area contributed by atoms with Crippen molar-refractivity contribution in [1.29, 1.82) is 0 Å². The van der Waals surface area contributed by atoms with Gasteiger partial charge >= 0.3 is 5.97 Å². The molecule has 4 aromatic rings. The van der Waals surface area contributed by atoms with Crippen LogP contribution in [0.15, 0.2) is 95.1 Å². The van der Waals surface area contributed by atoms with E-state index < -0.39 is 11.9 Å². The fraction of sp³-hybridized carbons (Fsp3) is 0.143. The molecule has 7 heteroatoms. The van der Waals surface area contributed by atoms with Gasteiger partial charge in [-0.1, -0.05) is 54.6 Å². The Labute approximate surface area is 201 Å². The van der Waals surface area contributed by atoms with Crippen LogP contribution < -0.4 is 20.8 Å². The number of nitrogens with one attached hydrogen (secondary N) is 1. The third-order valence-corrected chi connectivity index (χ3v) is 5.92. The first kappa shape index (κ1) is 22.3.